The third-order valence-corrected chi connectivity index (χ3v) is 3.04. The topological polar surface area (TPSA) is 35.0 Å². The maximum atomic E-state index is 6.06. The van der Waals surface area contributed by atoms with Crippen LogP contribution in [0, 0.1) is 13.8 Å². The van der Waals surface area contributed by atoms with Crippen molar-refractivity contribution < 1.29 is 4.74 Å². The van der Waals surface area contributed by atoms with Gasteiger partial charge in [-0.1, -0.05) is 29.3 Å². The molecule has 0 bridgehead atoms. The van der Waals surface area contributed by atoms with Crippen LogP contribution < -0.4 is 0 Å². The number of hydrogen-bond donors (Lipinski definition) is 0. The summed E-state index contributed by atoms with van der Waals surface area (Å²) in [6.45, 7) is 7.08. The second kappa shape index (κ2) is 6.13. The van der Waals surface area contributed by atoms with E-state index in [0.29, 0.717) is 24.2 Å². The van der Waals surface area contributed by atoms with Crippen LogP contribution in [0.4, 0.5) is 0 Å². The summed E-state index contributed by atoms with van der Waals surface area (Å²) in [4.78, 5) is 8.70. The highest BCUT2D eigenvalue weighted by Gasteiger charge is 2.08. The molecule has 0 fully saturated rings. The maximum Gasteiger partial charge on any atom is 0.156 e. The van der Waals surface area contributed by atoms with Gasteiger partial charge in [-0.05, 0) is 32.4 Å². The minimum absolute atomic E-state index is 0.384. The van der Waals surface area contributed by atoms with E-state index >= 15 is 0 Å². The Hall–Kier alpha value is -1.45. The lowest BCUT2D eigenvalue weighted by atomic mass is 10.0. The van der Waals surface area contributed by atoms with E-state index in [2.05, 4.69) is 42.0 Å². The SMILES string of the molecule is CCOCc1nc(Cl)cc(-c2cc(C)ccc2C)n1. The summed E-state index contributed by atoms with van der Waals surface area (Å²) in [6, 6.07) is 8.07. The largest absolute Gasteiger partial charge is 0.374 e. The molecule has 0 radical (unpaired) electrons. The van der Waals surface area contributed by atoms with Crippen molar-refractivity contribution in [1.29, 1.82) is 0 Å². The van der Waals surface area contributed by atoms with Crippen LogP contribution in [0.15, 0.2) is 24.3 Å². The van der Waals surface area contributed by atoms with Gasteiger partial charge in [-0.3, -0.25) is 0 Å². The van der Waals surface area contributed by atoms with Crippen LogP contribution in [0.3, 0.4) is 0 Å². The van der Waals surface area contributed by atoms with Crippen LogP contribution in [0.1, 0.15) is 23.9 Å². The molecule has 1 aromatic carbocycles. The van der Waals surface area contributed by atoms with Gasteiger partial charge >= 0.3 is 0 Å². The number of benzene rings is 1. The summed E-state index contributed by atoms with van der Waals surface area (Å²) in [7, 11) is 0. The predicted octanol–water partition coefficient (Wildman–Crippen LogP) is 3.95. The van der Waals surface area contributed by atoms with Crippen LogP contribution in [0.25, 0.3) is 11.3 Å². The number of halogens is 1. The number of hydrogen-bond acceptors (Lipinski definition) is 3. The first-order chi connectivity index (χ1) is 9.10. The summed E-state index contributed by atoms with van der Waals surface area (Å²) in [5.74, 6) is 0.616. The molecule has 0 aliphatic carbocycles. The number of rotatable bonds is 4. The highest BCUT2D eigenvalue weighted by atomic mass is 35.5. The summed E-state index contributed by atoms with van der Waals surface area (Å²) in [6.07, 6.45) is 0. The molecule has 0 saturated heterocycles. The minimum Gasteiger partial charge on any atom is -0.374 e. The van der Waals surface area contributed by atoms with Gasteiger partial charge in [0.1, 0.15) is 11.8 Å². The predicted molar refractivity (Wildman–Crippen MR) is 77.3 cm³/mol. The zero-order valence-corrected chi connectivity index (χ0v) is 12.2. The third-order valence-electron chi connectivity index (χ3n) is 2.85. The van der Waals surface area contributed by atoms with E-state index in [4.69, 9.17) is 16.3 Å². The Labute approximate surface area is 118 Å². The standard InChI is InChI=1S/C15H17ClN2O/c1-4-19-9-15-17-13(8-14(16)18-15)12-7-10(2)5-6-11(12)3/h5-8H,4,9H2,1-3H3. The van der Waals surface area contributed by atoms with Crippen LogP contribution in [0.2, 0.25) is 5.15 Å². The Morgan fingerprint density at radius 1 is 1.16 bits per heavy atom. The molecule has 0 aliphatic rings. The average Bonchev–Trinajstić information content (AvgIpc) is 2.38. The molecule has 1 aromatic heterocycles. The Morgan fingerprint density at radius 3 is 2.68 bits per heavy atom. The summed E-state index contributed by atoms with van der Waals surface area (Å²) >= 11 is 6.06. The Morgan fingerprint density at radius 2 is 1.95 bits per heavy atom. The molecule has 100 valence electrons. The molecule has 0 spiro atoms. The molecule has 4 heteroatoms. The van der Waals surface area contributed by atoms with Crippen molar-refractivity contribution in [3.63, 3.8) is 0 Å². The number of nitrogens with zero attached hydrogens (tertiary/aromatic N) is 2. The van der Waals surface area contributed by atoms with Gasteiger partial charge in [-0.15, -0.1) is 0 Å². The Kier molecular flexibility index (Phi) is 4.51. The quantitative estimate of drug-likeness (QED) is 0.793. The fourth-order valence-electron chi connectivity index (χ4n) is 1.87. The molecule has 0 aliphatic heterocycles. The van der Waals surface area contributed by atoms with Gasteiger partial charge in [0, 0.05) is 18.2 Å². The average molecular weight is 277 g/mol. The van der Waals surface area contributed by atoms with Gasteiger partial charge in [-0.25, -0.2) is 9.97 Å². The lowest BCUT2D eigenvalue weighted by Gasteiger charge is -2.09. The van der Waals surface area contributed by atoms with Gasteiger partial charge in [0.2, 0.25) is 0 Å². The van der Waals surface area contributed by atoms with Gasteiger partial charge in [0.05, 0.1) is 5.69 Å². The van der Waals surface area contributed by atoms with Crippen molar-refractivity contribution in [2.75, 3.05) is 6.61 Å². The van der Waals surface area contributed by atoms with E-state index in [9.17, 15) is 0 Å². The molecule has 0 atom stereocenters. The molecule has 0 saturated carbocycles. The molecule has 0 N–H and O–H groups in total. The van der Waals surface area contributed by atoms with Crippen molar-refractivity contribution in [1.82, 2.24) is 9.97 Å². The van der Waals surface area contributed by atoms with E-state index < -0.39 is 0 Å². The fourth-order valence-corrected chi connectivity index (χ4v) is 2.07. The second-order valence-electron chi connectivity index (χ2n) is 4.45. The van der Waals surface area contributed by atoms with E-state index in [1.165, 1.54) is 11.1 Å². The molecule has 2 rings (SSSR count). The van der Waals surface area contributed by atoms with Crippen molar-refractivity contribution in [3.05, 3.63) is 46.4 Å². The van der Waals surface area contributed by atoms with Gasteiger partial charge in [0.15, 0.2) is 5.82 Å². The smallest absolute Gasteiger partial charge is 0.156 e. The van der Waals surface area contributed by atoms with E-state index in [1.807, 2.05) is 6.92 Å². The van der Waals surface area contributed by atoms with E-state index in [1.54, 1.807) is 6.07 Å². The molecular weight excluding hydrogens is 260 g/mol. The molecule has 0 unspecified atom stereocenters. The van der Waals surface area contributed by atoms with Crippen molar-refractivity contribution in [2.24, 2.45) is 0 Å². The van der Waals surface area contributed by atoms with Crippen molar-refractivity contribution in [3.8, 4) is 11.3 Å². The van der Waals surface area contributed by atoms with Crippen LogP contribution >= 0.6 is 11.6 Å². The molecular formula is C15H17ClN2O. The van der Waals surface area contributed by atoms with Gasteiger partial charge < -0.3 is 4.74 Å². The highest BCUT2D eigenvalue weighted by Crippen LogP contribution is 2.24. The number of aryl methyl sites for hydroxylation is 2. The van der Waals surface area contributed by atoms with Crippen molar-refractivity contribution >= 4 is 11.6 Å². The second-order valence-corrected chi connectivity index (χ2v) is 4.83. The van der Waals surface area contributed by atoms with Gasteiger partial charge in [0.25, 0.3) is 0 Å². The summed E-state index contributed by atoms with van der Waals surface area (Å²) in [5.41, 5.74) is 4.29. The highest BCUT2D eigenvalue weighted by molar-refractivity contribution is 6.29. The molecule has 3 nitrogen and oxygen atoms in total. The van der Waals surface area contributed by atoms with Crippen molar-refractivity contribution in [2.45, 2.75) is 27.4 Å². The first kappa shape index (κ1) is 14.0. The van der Waals surface area contributed by atoms with Crippen LogP contribution in [-0.2, 0) is 11.3 Å². The first-order valence-corrected chi connectivity index (χ1v) is 6.66. The Bertz CT molecular complexity index is 584. The number of aromatic nitrogens is 2. The first-order valence-electron chi connectivity index (χ1n) is 6.29. The van der Waals surface area contributed by atoms with Crippen LogP contribution in [0.5, 0.6) is 0 Å². The monoisotopic (exact) mass is 276 g/mol. The lowest BCUT2D eigenvalue weighted by Crippen LogP contribution is -2.01. The maximum absolute atomic E-state index is 6.06. The zero-order valence-electron chi connectivity index (χ0n) is 11.4. The fraction of sp³-hybridized carbons (Fsp3) is 0.333. The molecule has 0 amide bonds. The van der Waals surface area contributed by atoms with Crippen LogP contribution in [-0.4, -0.2) is 16.6 Å². The third kappa shape index (κ3) is 3.52. The minimum atomic E-state index is 0.384. The normalized spacial score (nSPS) is 10.7. The molecule has 2 aromatic rings. The van der Waals surface area contributed by atoms with Gasteiger partial charge in [-0.2, -0.15) is 0 Å². The molecule has 19 heavy (non-hydrogen) atoms. The number of ether oxygens (including phenoxy) is 1. The molecule has 1 heterocycles. The van der Waals surface area contributed by atoms with E-state index in [-0.39, 0.29) is 0 Å². The summed E-state index contributed by atoms with van der Waals surface area (Å²) in [5, 5.41) is 0.445. The summed E-state index contributed by atoms with van der Waals surface area (Å²) < 4.78 is 5.34. The van der Waals surface area contributed by atoms with E-state index in [0.717, 1.165) is 11.3 Å². The Balaban J connectivity index is 2.43. The lowest BCUT2D eigenvalue weighted by molar-refractivity contribution is 0.128. The zero-order chi connectivity index (χ0) is 13.8.